The van der Waals surface area contributed by atoms with Crippen molar-refractivity contribution in [3.8, 4) is 0 Å². The van der Waals surface area contributed by atoms with Gasteiger partial charge in [-0.1, -0.05) is 6.92 Å². The number of rotatable bonds is 8. The average molecular weight is 245 g/mol. The lowest BCUT2D eigenvalue weighted by molar-refractivity contribution is -0.157. The molecule has 7 heteroatoms. The van der Waals surface area contributed by atoms with Gasteiger partial charge in [-0.2, -0.15) is 0 Å². The number of hydrogen-bond acceptors (Lipinski definition) is 5. The van der Waals surface area contributed by atoms with Crippen LogP contribution in [0.5, 0.6) is 0 Å². The fourth-order valence-corrected chi connectivity index (χ4v) is 1.04. The molecule has 7 nitrogen and oxygen atoms in total. The summed E-state index contributed by atoms with van der Waals surface area (Å²) in [4.78, 5) is 32.9. The molecule has 0 aliphatic heterocycles. The first kappa shape index (κ1) is 15.4. The molecular weight excluding hydrogens is 228 g/mol. The minimum absolute atomic E-state index is 0.180. The van der Waals surface area contributed by atoms with E-state index in [0.717, 1.165) is 0 Å². The van der Waals surface area contributed by atoms with Crippen LogP contribution in [0.15, 0.2) is 0 Å². The molecule has 0 saturated heterocycles. The van der Waals surface area contributed by atoms with Crippen molar-refractivity contribution in [3.63, 3.8) is 0 Å². The molecule has 1 radical (unpaired) electrons. The maximum absolute atomic E-state index is 11.4. The van der Waals surface area contributed by atoms with Gasteiger partial charge in [0.2, 0.25) is 5.91 Å². The highest BCUT2D eigenvalue weighted by Crippen LogP contribution is 1.98. The fraction of sp³-hybridized carbons (Fsp3) is 0.600. The molecule has 0 rings (SSSR count). The van der Waals surface area contributed by atoms with Gasteiger partial charge in [-0.05, 0) is 12.8 Å². The summed E-state index contributed by atoms with van der Waals surface area (Å²) in [7, 11) is 0. The molecule has 4 N–H and O–H groups in total. The molecule has 17 heavy (non-hydrogen) atoms. The predicted molar refractivity (Wildman–Crippen MR) is 58.5 cm³/mol. The third-order valence-corrected chi connectivity index (χ3v) is 1.90. The zero-order valence-electron chi connectivity index (χ0n) is 9.64. The van der Waals surface area contributed by atoms with Crippen LogP contribution in [-0.4, -0.2) is 35.6 Å². The maximum Gasteiger partial charge on any atom is 0.341 e. The van der Waals surface area contributed by atoms with Gasteiger partial charge in [-0.25, -0.2) is 9.59 Å². The van der Waals surface area contributed by atoms with Gasteiger partial charge in [0.25, 0.3) is 0 Å². The molecule has 0 unspecified atom stereocenters. The molecule has 0 aliphatic rings. The highest BCUT2D eigenvalue weighted by atomic mass is 16.6. The van der Waals surface area contributed by atoms with Crippen molar-refractivity contribution in [2.75, 3.05) is 6.61 Å². The topological polar surface area (TPSA) is 119 Å². The van der Waals surface area contributed by atoms with Crippen molar-refractivity contribution in [2.24, 2.45) is 5.73 Å². The Morgan fingerprint density at radius 1 is 1.47 bits per heavy atom. The second-order valence-electron chi connectivity index (χ2n) is 3.30. The molecule has 0 saturated carbocycles. The Balaban J connectivity index is 4.08. The quantitative estimate of drug-likeness (QED) is 0.492. The summed E-state index contributed by atoms with van der Waals surface area (Å²) in [6, 6.07) is -0.820. The summed E-state index contributed by atoms with van der Waals surface area (Å²) in [5.41, 5.74) is 5.12. The molecule has 0 bridgehead atoms. The Labute approximate surface area is 99.3 Å². The molecule has 97 valence electrons. The van der Waals surface area contributed by atoms with E-state index in [1.807, 2.05) is 0 Å². The van der Waals surface area contributed by atoms with Crippen molar-refractivity contribution in [3.05, 3.63) is 6.54 Å². The van der Waals surface area contributed by atoms with Gasteiger partial charge in [0.15, 0.2) is 6.61 Å². The van der Waals surface area contributed by atoms with Crippen LogP contribution in [0.2, 0.25) is 0 Å². The molecule has 0 spiro atoms. The number of carbonyl (C=O) groups is 3. The molecule has 1 amide bonds. The van der Waals surface area contributed by atoms with Gasteiger partial charge in [-0.15, -0.1) is 0 Å². The predicted octanol–water partition coefficient (Wildman–Crippen LogP) is -0.590. The second kappa shape index (κ2) is 8.51. The molecule has 0 heterocycles. The number of ether oxygens (including phenoxy) is 1. The van der Waals surface area contributed by atoms with E-state index in [1.165, 1.54) is 6.54 Å². The van der Waals surface area contributed by atoms with Gasteiger partial charge in [0.1, 0.15) is 6.04 Å². The summed E-state index contributed by atoms with van der Waals surface area (Å²) >= 11 is 0. The number of esters is 1. The molecule has 1 atom stereocenters. The third-order valence-electron chi connectivity index (χ3n) is 1.90. The zero-order chi connectivity index (χ0) is 13.3. The van der Waals surface area contributed by atoms with E-state index in [1.54, 1.807) is 6.92 Å². The summed E-state index contributed by atoms with van der Waals surface area (Å²) in [6.07, 6.45) is 0.919. The minimum Gasteiger partial charge on any atom is -0.479 e. The van der Waals surface area contributed by atoms with Crippen molar-refractivity contribution in [1.82, 2.24) is 5.32 Å². The van der Waals surface area contributed by atoms with Crippen LogP contribution in [0.1, 0.15) is 26.2 Å². The fourth-order valence-electron chi connectivity index (χ4n) is 1.04. The van der Waals surface area contributed by atoms with E-state index < -0.39 is 24.6 Å². The van der Waals surface area contributed by atoms with E-state index in [9.17, 15) is 14.4 Å². The van der Waals surface area contributed by atoms with Crippen molar-refractivity contribution in [2.45, 2.75) is 32.2 Å². The Hall–Kier alpha value is -1.63. The van der Waals surface area contributed by atoms with Crippen molar-refractivity contribution >= 4 is 17.8 Å². The second-order valence-corrected chi connectivity index (χ2v) is 3.30. The number of hydrogen-bond donors (Lipinski definition) is 3. The normalized spacial score (nSPS) is 11.6. The number of carbonyl (C=O) groups excluding carboxylic acids is 2. The number of carboxylic acids is 1. The molecule has 0 aromatic heterocycles. The summed E-state index contributed by atoms with van der Waals surface area (Å²) in [6.45, 7) is 2.33. The van der Waals surface area contributed by atoms with Crippen LogP contribution >= 0.6 is 0 Å². The third kappa shape index (κ3) is 7.29. The summed E-state index contributed by atoms with van der Waals surface area (Å²) in [5, 5.41) is 10.8. The summed E-state index contributed by atoms with van der Waals surface area (Å²) < 4.78 is 4.48. The first-order valence-corrected chi connectivity index (χ1v) is 5.22. The van der Waals surface area contributed by atoms with E-state index in [0.29, 0.717) is 12.8 Å². The number of nitrogens with two attached hydrogens (primary N) is 1. The number of aliphatic carboxylic acids is 1. The van der Waals surface area contributed by atoms with Gasteiger partial charge in [0, 0.05) is 13.0 Å². The Morgan fingerprint density at radius 2 is 2.12 bits per heavy atom. The highest BCUT2D eigenvalue weighted by Gasteiger charge is 2.20. The van der Waals surface area contributed by atoms with Crippen molar-refractivity contribution < 1.29 is 24.2 Å². The lowest BCUT2D eigenvalue weighted by Crippen LogP contribution is -2.41. The Kier molecular flexibility index (Phi) is 7.70. The van der Waals surface area contributed by atoms with Gasteiger partial charge >= 0.3 is 11.9 Å². The molecule has 0 aromatic carbocycles. The van der Waals surface area contributed by atoms with E-state index in [2.05, 4.69) is 10.1 Å². The maximum atomic E-state index is 11.4. The SMILES string of the molecule is CC[C@H](NC(=O)CC[CH]N)C(=O)OCC(=O)O. The number of amides is 1. The van der Waals surface area contributed by atoms with E-state index >= 15 is 0 Å². The summed E-state index contributed by atoms with van der Waals surface area (Å²) in [5.74, 6) is -2.32. The lowest BCUT2D eigenvalue weighted by Gasteiger charge is -2.15. The largest absolute Gasteiger partial charge is 0.479 e. The number of carboxylic acid groups (broad SMARTS) is 1. The van der Waals surface area contributed by atoms with Gasteiger partial charge < -0.3 is 20.9 Å². The minimum atomic E-state index is -1.24. The molecular formula is C10H17N2O5. The zero-order valence-corrected chi connectivity index (χ0v) is 9.64. The van der Waals surface area contributed by atoms with Crippen LogP contribution in [0.3, 0.4) is 0 Å². The van der Waals surface area contributed by atoms with Crippen LogP contribution in [-0.2, 0) is 19.1 Å². The van der Waals surface area contributed by atoms with Crippen LogP contribution in [0.25, 0.3) is 0 Å². The van der Waals surface area contributed by atoms with Crippen LogP contribution in [0.4, 0.5) is 0 Å². The Morgan fingerprint density at radius 3 is 2.59 bits per heavy atom. The molecule has 0 aromatic rings. The first-order chi connectivity index (χ1) is 8.01. The van der Waals surface area contributed by atoms with Crippen molar-refractivity contribution in [1.29, 1.82) is 0 Å². The van der Waals surface area contributed by atoms with Gasteiger partial charge in [0.05, 0.1) is 0 Å². The van der Waals surface area contributed by atoms with Crippen LogP contribution < -0.4 is 11.1 Å². The van der Waals surface area contributed by atoms with E-state index in [4.69, 9.17) is 10.8 Å². The van der Waals surface area contributed by atoms with Gasteiger partial charge in [-0.3, -0.25) is 4.79 Å². The van der Waals surface area contributed by atoms with Crippen LogP contribution in [0, 0.1) is 6.54 Å². The molecule has 0 aliphatic carbocycles. The first-order valence-electron chi connectivity index (χ1n) is 5.22. The Bertz CT molecular complexity index is 280. The standard InChI is InChI=1S/C10H17N2O5/c1-2-7(10(16)17-6-9(14)15)12-8(13)4-3-5-11/h5,7H,2-4,6,11H2,1H3,(H,12,13)(H,14,15)/t7-/m0/s1. The molecule has 0 fully saturated rings. The average Bonchev–Trinajstić information content (AvgIpc) is 2.30. The van der Waals surface area contributed by atoms with E-state index in [-0.39, 0.29) is 12.3 Å². The number of nitrogens with one attached hydrogen (secondary N) is 1. The smallest absolute Gasteiger partial charge is 0.341 e. The highest BCUT2D eigenvalue weighted by molar-refractivity contribution is 5.85. The lowest BCUT2D eigenvalue weighted by atomic mass is 10.2. The monoisotopic (exact) mass is 245 g/mol.